The van der Waals surface area contributed by atoms with E-state index in [1.807, 2.05) is 18.2 Å². The van der Waals surface area contributed by atoms with Crippen LogP contribution in [0, 0.1) is 0 Å². The molecule has 0 saturated carbocycles. The maximum Gasteiger partial charge on any atom is 0.151 e. The molecule has 1 aromatic carbocycles. The van der Waals surface area contributed by atoms with Gasteiger partial charge in [0, 0.05) is 18.3 Å². The SMILES string of the molecule is CCCCCC(NCCS(=O)(=O)CC)c1ccccc1. The second-order valence-corrected chi connectivity index (χ2v) is 7.62. The monoisotopic (exact) mass is 297 g/mol. The summed E-state index contributed by atoms with van der Waals surface area (Å²) in [4.78, 5) is 0. The first-order valence-corrected chi connectivity index (χ1v) is 9.40. The number of hydrogen-bond acceptors (Lipinski definition) is 3. The van der Waals surface area contributed by atoms with Gasteiger partial charge in [-0.1, -0.05) is 63.4 Å². The molecule has 0 amide bonds. The van der Waals surface area contributed by atoms with Gasteiger partial charge in [0.1, 0.15) is 0 Å². The number of nitrogens with one attached hydrogen (secondary N) is 1. The molecule has 0 saturated heterocycles. The molecule has 3 nitrogen and oxygen atoms in total. The molecule has 0 bridgehead atoms. The summed E-state index contributed by atoms with van der Waals surface area (Å²) in [6.07, 6.45) is 4.65. The highest BCUT2D eigenvalue weighted by Gasteiger charge is 2.12. The summed E-state index contributed by atoms with van der Waals surface area (Å²) in [5.41, 5.74) is 1.25. The molecule has 0 heterocycles. The maximum atomic E-state index is 11.5. The van der Waals surface area contributed by atoms with E-state index in [1.165, 1.54) is 24.8 Å². The van der Waals surface area contributed by atoms with Crippen molar-refractivity contribution in [1.29, 1.82) is 0 Å². The molecule has 20 heavy (non-hydrogen) atoms. The predicted molar refractivity (Wildman–Crippen MR) is 85.7 cm³/mol. The van der Waals surface area contributed by atoms with Crippen LogP contribution in [0.5, 0.6) is 0 Å². The van der Waals surface area contributed by atoms with Crippen molar-refractivity contribution in [1.82, 2.24) is 5.32 Å². The van der Waals surface area contributed by atoms with Gasteiger partial charge in [0.2, 0.25) is 0 Å². The van der Waals surface area contributed by atoms with Crippen molar-refractivity contribution in [2.45, 2.75) is 45.6 Å². The van der Waals surface area contributed by atoms with Gasteiger partial charge in [0.15, 0.2) is 9.84 Å². The van der Waals surface area contributed by atoms with E-state index in [0.717, 1.165) is 6.42 Å². The Morgan fingerprint density at radius 2 is 1.80 bits per heavy atom. The van der Waals surface area contributed by atoms with E-state index in [0.29, 0.717) is 6.54 Å². The van der Waals surface area contributed by atoms with E-state index in [9.17, 15) is 8.42 Å². The lowest BCUT2D eigenvalue weighted by molar-refractivity contribution is 0.485. The molecule has 0 aliphatic heterocycles. The zero-order valence-electron chi connectivity index (χ0n) is 12.6. The second-order valence-electron chi connectivity index (χ2n) is 5.15. The summed E-state index contributed by atoms with van der Waals surface area (Å²) in [6, 6.07) is 10.6. The van der Waals surface area contributed by atoms with Crippen LogP contribution in [-0.4, -0.2) is 26.5 Å². The van der Waals surface area contributed by atoms with Crippen LogP contribution in [-0.2, 0) is 9.84 Å². The molecule has 1 N–H and O–H groups in total. The molecule has 0 fully saturated rings. The van der Waals surface area contributed by atoms with Gasteiger partial charge < -0.3 is 5.32 Å². The van der Waals surface area contributed by atoms with Gasteiger partial charge in [-0.2, -0.15) is 0 Å². The van der Waals surface area contributed by atoms with Crippen LogP contribution >= 0.6 is 0 Å². The largest absolute Gasteiger partial charge is 0.309 e. The van der Waals surface area contributed by atoms with Gasteiger partial charge >= 0.3 is 0 Å². The van der Waals surface area contributed by atoms with Crippen molar-refractivity contribution >= 4 is 9.84 Å². The third-order valence-electron chi connectivity index (χ3n) is 3.54. The minimum atomic E-state index is -2.89. The highest BCUT2D eigenvalue weighted by atomic mass is 32.2. The Labute approximate surface area is 123 Å². The molecule has 1 rings (SSSR count). The minimum Gasteiger partial charge on any atom is -0.309 e. The Hall–Kier alpha value is -0.870. The van der Waals surface area contributed by atoms with E-state index in [4.69, 9.17) is 0 Å². The molecule has 0 spiro atoms. The molecule has 1 atom stereocenters. The van der Waals surface area contributed by atoms with E-state index in [1.54, 1.807) is 6.92 Å². The van der Waals surface area contributed by atoms with Crippen molar-refractivity contribution in [2.75, 3.05) is 18.1 Å². The topological polar surface area (TPSA) is 46.2 Å². The molecular weight excluding hydrogens is 270 g/mol. The number of hydrogen-bond donors (Lipinski definition) is 1. The average molecular weight is 297 g/mol. The van der Waals surface area contributed by atoms with Crippen molar-refractivity contribution in [2.24, 2.45) is 0 Å². The Morgan fingerprint density at radius 1 is 1.10 bits per heavy atom. The number of unbranched alkanes of at least 4 members (excludes halogenated alkanes) is 2. The van der Waals surface area contributed by atoms with E-state index < -0.39 is 9.84 Å². The Kier molecular flexibility index (Phi) is 7.85. The van der Waals surface area contributed by atoms with Gasteiger partial charge in [0.25, 0.3) is 0 Å². The molecule has 0 aliphatic rings. The number of benzene rings is 1. The standard InChI is InChI=1S/C16H27NO2S/c1-3-5-7-12-16(15-10-8-6-9-11-15)17-13-14-20(18,19)4-2/h6,8-11,16-17H,3-5,7,12-14H2,1-2H3. The van der Waals surface area contributed by atoms with Crippen LogP contribution in [0.15, 0.2) is 30.3 Å². The van der Waals surface area contributed by atoms with Gasteiger partial charge in [-0.3, -0.25) is 0 Å². The zero-order valence-corrected chi connectivity index (χ0v) is 13.5. The molecular formula is C16H27NO2S. The van der Waals surface area contributed by atoms with Crippen molar-refractivity contribution in [3.8, 4) is 0 Å². The molecule has 0 aliphatic carbocycles. The fourth-order valence-electron chi connectivity index (χ4n) is 2.20. The molecule has 0 aromatic heterocycles. The van der Waals surface area contributed by atoms with Crippen molar-refractivity contribution in [3.63, 3.8) is 0 Å². The van der Waals surface area contributed by atoms with Gasteiger partial charge in [-0.05, 0) is 12.0 Å². The minimum absolute atomic E-state index is 0.223. The number of sulfone groups is 1. The lowest BCUT2D eigenvalue weighted by atomic mass is 10.0. The molecule has 1 aromatic rings. The average Bonchev–Trinajstić information content (AvgIpc) is 2.47. The fraction of sp³-hybridized carbons (Fsp3) is 0.625. The molecule has 114 valence electrons. The molecule has 0 radical (unpaired) electrons. The van der Waals surface area contributed by atoms with Gasteiger partial charge in [-0.15, -0.1) is 0 Å². The highest BCUT2D eigenvalue weighted by Crippen LogP contribution is 2.19. The van der Waals surface area contributed by atoms with Crippen LogP contribution in [0.4, 0.5) is 0 Å². The van der Waals surface area contributed by atoms with E-state index >= 15 is 0 Å². The normalized spacial score (nSPS) is 13.3. The van der Waals surface area contributed by atoms with Crippen molar-refractivity contribution < 1.29 is 8.42 Å². The van der Waals surface area contributed by atoms with Gasteiger partial charge in [-0.25, -0.2) is 8.42 Å². The van der Waals surface area contributed by atoms with Crippen LogP contribution in [0.3, 0.4) is 0 Å². The summed E-state index contributed by atoms with van der Waals surface area (Å²) in [5.74, 6) is 0.446. The van der Waals surface area contributed by atoms with Crippen LogP contribution < -0.4 is 5.32 Å². The van der Waals surface area contributed by atoms with Crippen molar-refractivity contribution in [3.05, 3.63) is 35.9 Å². The molecule has 1 unspecified atom stereocenters. The summed E-state index contributed by atoms with van der Waals surface area (Å²) in [5, 5.41) is 3.41. The Morgan fingerprint density at radius 3 is 2.40 bits per heavy atom. The quantitative estimate of drug-likeness (QED) is 0.674. The lowest BCUT2D eigenvalue weighted by Crippen LogP contribution is -2.28. The number of rotatable bonds is 10. The maximum absolute atomic E-state index is 11.5. The Bertz CT molecular complexity index is 457. The molecule has 4 heteroatoms. The summed E-state index contributed by atoms with van der Waals surface area (Å²) in [6.45, 7) is 4.42. The van der Waals surface area contributed by atoms with Crippen LogP contribution in [0.25, 0.3) is 0 Å². The summed E-state index contributed by atoms with van der Waals surface area (Å²) < 4.78 is 23.1. The highest BCUT2D eigenvalue weighted by molar-refractivity contribution is 7.91. The predicted octanol–water partition coefficient (Wildman–Crippen LogP) is 3.33. The van der Waals surface area contributed by atoms with Crippen LogP contribution in [0.2, 0.25) is 0 Å². The Balaban J connectivity index is 2.55. The van der Waals surface area contributed by atoms with Crippen LogP contribution in [0.1, 0.15) is 51.1 Å². The first-order chi connectivity index (χ1) is 9.59. The first kappa shape index (κ1) is 17.2. The third-order valence-corrected chi connectivity index (χ3v) is 5.25. The zero-order chi connectivity index (χ0) is 14.8. The smallest absolute Gasteiger partial charge is 0.151 e. The summed E-state index contributed by atoms with van der Waals surface area (Å²) in [7, 11) is -2.89. The lowest BCUT2D eigenvalue weighted by Gasteiger charge is -2.19. The summed E-state index contributed by atoms with van der Waals surface area (Å²) >= 11 is 0. The van der Waals surface area contributed by atoms with E-state index in [-0.39, 0.29) is 17.5 Å². The first-order valence-electron chi connectivity index (χ1n) is 7.57. The second kappa shape index (κ2) is 9.14. The van der Waals surface area contributed by atoms with E-state index in [2.05, 4.69) is 24.4 Å². The van der Waals surface area contributed by atoms with Gasteiger partial charge in [0.05, 0.1) is 5.75 Å². The third kappa shape index (κ3) is 6.53. The fourth-order valence-corrected chi connectivity index (χ4v) is 2.92.